The van der Waals surface area contributed by atoms with Crippen molar-refractivity contribution in [3.63, 3.8) is 0 Å². The van der Waals surface area contributed by atoms with Crippen molar-refractivity contribution in [2.75, 3.05) is 32.8 Å². The van der Waals surface area contributed by atoms with E-state index in [-0.39, 0.29) is 11.6 Å². The van der Waals surface area contributed by atoms with Crippen molar-refractivity contribution in [1.29, 1.82) is 0 Å². The number of hydrogen-bond donors (Lipinski definition) is 0. The van der Waals surface area contributed by atoms with Crippen molar-refractivity contribution in [3.8, 4) is 28.7 Å². The van der Waals surface area contributed by atoms with Gasteiger partial charge in [-0.25, -0.2) is 14.6 Å². The van der Waals surface area contributed by atoms with Crippen LogP contribution in [0, 0.1) is 6.92 Å². The third kappa shape index (κ3) is 4.46. The molecular formula is C25H36N8O. The smallest absolute Gasteiger partial charge is 0.178 e. The second-order valence-electron chi connectivity index (χ2n) is 10.6. The highest BCUT2D eigenvalue weighted by Gasteiger charge is 2.27. The third-order valence-corrected chi connectivity index (χ3v) is 6.69. The first-order valence-corrected chi connectivity index (χ1v) is 12.3. The van der Waals surface area contributed by atoms with Crippen LogP contribution in [0.25, 0.3) is 22.9 Å². The van der Waals surface area contributed by atoms with Gasteiger partial charge in [-0.2, -0.15) is 5.10 Å². The van der Waals surface area contributed by atoms with E-state index in [9.17, 15) is 0 Å². The molecule has 0 atom stereocenters. The molecule has 0 unspecified atom stereocenters. The quantitative estimate of drug-likeness (QED) is 0.586. The summed E-state index contributed by atoms with van der Waals surface area (Å²) in [7, 11) is 0. The van der Waals surface area contributed by atoms with Crippen molar-refractivity contribution in [2.24, 2.45) is 0 Å². The van der Waals surface area contributed by atoms with Crippen LogP contribution in [0.15, 0.2) is 18.5 Å². The molecule has 0 N–H and O–H groups in total. The fourth-order valence-electron chi connectivity index (χ4n) is 4.80. The molecule has 0 aromatic carbocycles. The van der Waals surface area contributed by atoms with E-state index >= 15 is 0 Å². The molecule has 0 radical (unpaired) electrons. The SMILES string of the molecule is Cc1nc(-c2cn3c(n2)-c2cc(CN4CCN(C(C)(C)C)CC4)ncc2OCC3)n(C(C)C)n1. The monoisotopic (exact) mass is 464 g/mol. The zero-order chi connectivity index (χ0) is 24.0. The van der Waals surface area contributed by atoms with Crippen molar-refractivity contribution >= 4 is 0 Å². The first-order valence-electron chi connectivity index (χ1n) is 12.3. The Kier molecular flexibility index (Phi) is 5.93. The molecular weight excluding hydrogens is 428 g/mol. The lowest BCUT2D eigenvalue weighted by Gasteiger charge is -2.42. The second kappa shape index (κ2) is 8.78. The van der Waals surface area contributed by atoms with Crippen LogP contribution in [0.3, 0.4) is 0 Å². The van der Waals surface area contributed by atoms with Gasteiger partial charge in [0.1, 0.15) is 29.7 Å². The highest BCUT2D eigenvalue weighted by molar-refractivity contribution is 5.68. The van der Waals surface area contributed by atoms with Crippen LogP contribution in [0.4, 0.5) is 0 Å². The number of nitrogens with zero attached hydrogens (tertiary/aromatic N) is 8. The van der Waals surface area contributed by atoms with Crippen molar-refractivity contribution in [1.82, 2.24) is 39.1 Å². The number of pyridine rings is 1. The molecule has 5 heterocycles. The zero-order valence-electron chi connectivity index (χ0n) is 21.2. The Hall–Kier alpha value is -2.78. The molecule has 1 saturated heterocycles. The van der Waals surface area contributed by atoms with Crippen LogP contribution in [0.5, 0.6) is 5.75 Å². The Morgan fingerprint density at radius 1 is 1.03 bits per heavy atom. The first kappa shape index (κ1) is 23.0. The zero-order valence-corrected chi connectivity index (χ0v) is 21.2. The van der Waals surface area contributed by atoms with E-state index in [4.69, 9.17) is 14.7 Å². The standard InChI is InChI=1S/C25H36N8O/c1-17(2)33-24(27-18(3)29-33)21-16-31-11-12-34-22-14-26-19(13-20(22)23(31)28-21)15-30-7-9-32(10-8-30)25(4,5)6/h13-14,16-17H,7-12,15H2,1-6H3. The number of ether oxygens (including phenoxy) is 1. The Labute approximate surface area is 201 Å². The topological polar surface area (TPSA) is 77.1 Å². The van der Waals surface area contributed by atoms with Crippen molar-refractivity contribution in [3.05, 3.63) is 30.0 Å². The predicted molar refractivity (Wildman–Crippen MR) is 132 cm³/mol. The van der Waals surface area contributed by atoms with Crippen LogP contribution < -0.4 is 4.74 Å². The summed E-state index contributed by atoms with van der Waals surface area (Å²) in [5.74, 6) is 3.26. The largest absolute Gasteiger partial charge is 0.489 e. The van der Waals surface area contributed by atoms with Crippen LogP contribution in [-0.2, 0) is 13.1 Å². The number of aryl methyl sites for hydroxylation is 1. The maximum Gasteiger partial charge on any atom is 0.178 e. The summed E-state index contributed by atoms with van der Waals surface area (Å²) in [6, 6.07) is 2.36. The molecule has 0 saturated carbocycles. The first-order chi connectivity index (χ1) is 16.2. The normalized spacial score (nSPS) is 17.4. The van der Waals surface area contributed by atoms with Crippen LogP contribution in [-0.4, -0.2) is 77.4 Å². The van der Waals surface area contributed by atoms with Gasteiger partial charge in [0.05, 0.1) is 24.0 Å². The van der Waals surface area contributed by atoms with Gasteiger partial charge in [0, 0.05) is 50.5 Å². The Bertz CT molecular complexity index is 1160. The maximum atomic E-state index is 6.02. The number of piperazine rings is 1. The fourth-order valence-corrected chi connectivity index (χ4v) is 4.80. The van der Waals surface area contributed by atoms with Gasteiger partial charge in [0.15, 0.2) is 5.82 Å². The van der Waals surface area contributed by atoms with Gasteiger partial charge in [-0.3, -0.25) is 14.8 Å². The molecule has 0 spiro atoms. The van der Waals surface area contributed by atoms with E-state index in [2.05, 4.69) is 71.3 Å². The molecule has 2 aliphatic heterocycles. The van der Waals surface area contributed by atoms with E-state index in [1.807, 2.05) is 17.8 Å². The molecule has 3 aromatic rings. The molecule has 0 aliphatic carbocycles. The number of fused-ring (bicyclic) bond motifs is 3. The number of hydrogen-bond acceptors (Lipinski definition) is 7. The van der Waals surface area contributed by atoms with Gasteiger partial charge < -0.3 is 9.30 Å². The lowest BCUT2D eigenvalue weighted by molar-refractivity contribution is 0.0586. The molecule has 1 fully saturated rings. The highest BCUT2D eigenvalue weighted by atomic mass is 16.5. The number of aromatic nitrogens is 6. The summed E-state index contributed by atoms with van der Waals surface area (Å²) < 4.78 is 10.1. The summed E-state index contributed by atoms with van der Waals surface area (Å²) in [5, 5.41) is 4.57. The molecule has 34 heavy (non-hydrogen) atoms. The van der Waals surface area contributed by atoms with E-state index in [1.54, 1.807) is 0 Å². The average molecular weight is 465 g/mol. The van der Waals surface area contributed by atoms with Gasteiger partial charge in [-0.15, -0.1) is 0 Å². The molecule has 3 aromatic heterocycles. The molecule has 0 amide bonds. The highest BCUT2D eigenvalue weighted by Crippen LogP contribution is 2.34. The fraction of sp³-hybridized carbons (Fsp3) is 0.600. The molecule has 5 rings (SSSR count). The van der Waals surface area contributed by atoms with E-state index in [0.717, 1.165) is 79.4 Å². The molecule has 0 bridgehead atoms. The molecule has 2 aliphatic rings. The predicted octanol–water partition coefficient (Wildman–Crippen LogP) is 3.40. The Morgan fingerprint density at radius 2 is 1.79 bits per heavy atom. The van der Waals surface area contributed by atoms with Crippen LogP contribution in [0.1, 0.15) is 52.2 Å². The summed E-state index contributed by atoms with van der Waals surface area (Å²) in [5.41, 5.74) is 3.10. The molecule has 182 valence electrons. The van der Waals surface area contributed by atoms with Crippen molar-refractivity contribution < 1.29 is 4.74 Å². The van der Waals surface area contributed by atoms with E-state index < -0.39 is 0 Å². The summed E-state index contributed by atoms with van der Waals surface area (Å²) in [6.07, 6.45) is 3.93. The second-order valence-corrected chi connectivity index (χ2v) is 10.6. The van der Waals surface area contributed by atoms with Gasteiger partial charge in [0.25, 0.3) is 0 Å². The van der Waals surface area contributed by atoms with Gasteiger partial charge in [-0.1, -0.05) is 0 Å². The summed E-state index contributed by atoms with van der Waals surface area (Å²) in [4.78, 5) is 19.5. The summed E-state index contributed by atoms with van der Waals surface area (Å²) in [6.45, 7) is 19.4. The lowest BCUT2D eigenvalue weighted by atomic mass is 10.0. The lowest BCUT2D eigenvalue weighted by Crippen LogP contribution is -2.53. The maximum absolute atomic E-state index is 6.02. The minimum atomic E-state index is 0.211. The van der Waals surface area contributed by atoms with E-state index in [0.29, 0.717) is 6.61 Å². The van der Waals surface area contributed by atoms with Crippen LogP contribution in [0.2, 0.25) is 0 Å². The average Bonchev–Trinajstić information content (AvgIpc) is 3.34. The van der Waals surface area contributed by atoms with Crippen molar-refractivity contribution in [2.45, 2.75) is 66.2 Å². The van der Waals surface area contributed by atoms with Gasteiger partial charge >= 0.3 is 0 Å². The molecule has 9 nitrogen and oxygen atoms in total. The van der Waals surface area contributed by atoms with Crippen LogP contribution >= 0.6 is 0 Å². The number of imidazole rings is 1. The number of rotatable bonds is 4. The van der Waals surface area contributed by atoms with Gasteiger partial charge in [0.2, 0.25) is 0 Å². The van der Waals surface area contributed by atoms with E-state index in [1.165, 1.54) is 0 Å². The van der Waals surface area contributed by atoms with Gasteiger partial charge in [-0.05, 0) is 47.6 Å². The molecule has 9 heteroatoms. The third-order valence-electron chi connectivity index (χ3n) is 6.69. The minimum Gasteiger partial charge on any atom is -0.489 e. The Morgan fingerprint density at radius 3 is 2.50 bits per heavy atom. The Balaban J connectivity index is 1.42. The minimum absolute atomic E-state index is 0.211. The summed E-state index contributed by atoms with van der Waals surface area (Å²) >= 11 is 0.